The largest absolute Gasteiger partial charge is 0.480 e. The molecule has 0 aliphatic heterocycles. The van der Waals surface area contributed by atoms with Crippen molar-refractivity contribution in [1.29, 1.82) is 0 Å². The molecule has 0 amide bonds. The summed E-state index contributed by atoms with van der Waals surface area (Å²) in [7, 11) is 0. The fraction of sp³-hybridized carbons (Fsp3) is 0.167. The molecule has 1 heterocycles. The van der Waals surface area contributed by atoms with Crippen molar-refractivity contribution in [2.45, 2.75) is 6.04 Å². The van der Waals surface area contributed by atoms with E-state index in [0.29, 0.717) is 10.9 Å². The lowest BCUT2D eigenvalue weighted by Crippen LogP contribution is -2.33. The average Bonchev–Trinajstić information content (AvgIpc) is 2.43. The highest BCUT2D eigenvalue weighted by atomic mass is 16.4. The summed E-state index contributed by atoms with van der Waals surface area (Å²) in [6, 6.07) is 3.01. The van der Waals surface area contributed by atoms with Crippen molar-refractivity contribution in [1.82, 2.24) is 9.97 Å². The van der Waals surface area contributed by atoms with Gasteiger partial charge in [0.05, 0.1) is 17.7 Å². The zero-order chi connectivity index (χ0) is 14.7. The Bertz CT molecular complexity index is 673. The van der Waals surface area contributed by atoms with Crippen LogP contribution in [0, 0.1) is 0 Å². The summed E-state index contributed by atoms with van der Waals surface area (Å²) in [5, 5.41) is 29.8. The molecule has 0 saturated carbocycles. The fourth-order valence-corrected chi connectivity index (χ4v) is 1.66. The summed E-state index contributed by atoms with van der Waals surface area (Å²) in [6.45, 7) is -0.603. The van der Waals surface area contributed by atoms with Gasteiger partial charge in [0.2, 0.25) is 0 Å². The fourth-order valence-electron chi connectivity index (χ4n) is 1.66. The smallest absolute Gasteiger partial charge is 0.335 e. The Kier molecular flexibility index (Phi) is 3.76. The molecule has 2 rings (SSSR count). The summed E-state index contributed by atoms with van der Waals surface area (Å²) in [5.74, 6) is -2.09. The molecule has 0 saturated heterocycles. The lowest BCUT2D eigenvalue weighted by Gasteiger charge is -2.13. The summed E-state index contributed by atoms with van der Waals surface area (Å²) in [6.07, 6.45) is 1.19. The number of rotatable bonds is 5. The third-order valence-electron chi connectivity index (χ3n) is 2.68. The Hall–Kier alpha value is -2.74. The number of nitrogens with one attached hydrogen (secondary N) is 1. The van der Waals surface area contributed by atoms with E-state index in [1.165, 1.54) is 24.5 Å². The number of aliphatic hydroxyl groups is 1. The molecule has 1 aromatic heterocycles. The molecule has 8 nitrogen and oxygen atoms in total. The topological polar surface area (TPSA) is 133 Å². The van der Waals surface area contributed by atoms with Crippen molar-refractivity contribution >= 4 is 28.7 Å². The van der Waals surface area contributed by atoms with Crippen LogP contribution in [0.5, 0.6) is 0 Å². The van der Waals surface area contributed by atoms with Gasteiger partial charge in [-0.25, -0.2) is 19.6 Å². The SMILES string of the molecule is O=C(O)c1ccc2c(NC(CO)C(=O)O)ncnc2c1. The molecule has 1 unspecified atom stereocenters. The summed E-state index contributed by atoms with van der Waals surface area (Å²) >= 11 is 0. The number of carboxylic acids is 2. The van der Waals surface area contributed by atoms with Crippen LogP contribution < -0.4 is 5.32 Å². The van der Waals surface area contributed by atoms with Crippen molar-refractivity contribution in [2.75, 3.05) is 11.9 Å². The van der Waals surface area contributed by atoms with Gasteiger partial charge >= 0.3 is 11.9 Å². The van der Waals surface area contributed by atoms with Crippen LogP contribution in [0.4, 0.5) is 5.82 Å². The number of hydrogen-bond donors (Lipinski definition) is 4. The number of aromatic nitrogens is 2. The molecule has 2 aromatic rings. The van der Waals surface area contributed by atoms with Crippen LogP contribution >= 0.6 is 0 Å². The highest BCUT2D eigenvalue weighted by molar-refractivity contribution is 5.96. The lowest BCUT2D eigenvalue weighted by atomic mass is 10.1. The maximum Gasteiger partial charge on any atom is 0.335 e. The normalized spacial score (nSPS) is 12.1. The van der Waals surface area contributed by atoms with Gasteiger partial charge in [-0.05, 0) is 18.2 Å². The van der Waals surface area contributed by atoms with Crippen LogP contribution in [0.1, 0.15) is 10.4 Å². The third-order valence-corrected chi connectivity index (χ3v) is 2.68. The number of aliphatic carboxylic acids is 1. The minimum absolute atomic E-state index is 0.0686. The molecule has 1 aromatic carbocycles. The number of benzene rings is 1. The molecular formula is C12H11N3O5. The van der Waals surface area contributed by atoms with Gasteiger partial charge in [0.25, 0.3) is 0 Å². The van der Waals surface area contributed by atoms with Gasteiger partial charge in [0.15, 0.2) is 0 Å². The number of aromatic carboxylic acids is 1. The Morgan fingerprint density at radius 1 is 1.25 bits per heavy atom. The van der Waals surface area contributed by atoms with Gasteiger partial charge in [-0.2, -0.15) is 0 Å². The molecule has 0 spiro atoms. The number of fused-ring (bicyclic) bond motifs is 1. The van der Waals surface area contributed by atoms with E-state index in [0.717, 1.165) is 0 Å². The maximum absolute atomic E-state index is 10.9. The third kappa shape index (κ3) is 2.64. The first-order chi connectivity index (χ1) is 9.52. The van der Waals surface area contributed by atoms with Gasteiger partial charge in [-0.1, -0.05) is 0 Å². The minimum Gasteiger partial charge on any atom is -0.480 e. The van der Waals surface area contributed by atoms with E-state index in [2.05, 4.69) is 15.3 Å². The molecule has 4 N–H and O–H groups in total. The first-order valence-corrected chi connectivity index (χ1v) is 5.61. The molecule has 0 aliphatic carbocycles. The zero-order valence-electron chi connectivity index (χ0n) is 10.1. The van der Waals surface area contributed by atoms with Crippen molar-refractivity contribution in [2.24, 2.45) is 0 Å². The van der Waals surface area contributed by atoms with Crippen molar-refractivity contribution in [3.63, 3.8) is 0 Å². The van der Waals surface area contributed by atoms with E-state index in [9.17, 15) is 9.59 Å². The number of anilines is 1. The number of carbonyl (C=O) groups is 2. The second-order valence-electron chi connectivity index (χ2n) is 3.98. The average molecular weight is 277 g/mol. The number of nitrogens with zero attached hydrogens (tertiary/aromatic N) is 2. The first-order valence-electron chi connectivity index (χ1n) is 5.61. The van der Waals surface area contributed by atoms with Crippen LogP contribution in [-0.4, -0.2) is 49.9 Å². The number of aliphatic hydroxyl groups excluding tert-OH is 1. The van der Waals surface area contributed by atoms with Crippen LogP contribution in [0.3, 0.4) is 0 Å². The summed E-state index contributed by atoms with van der Waals surface area (Å²) in [4.78, 5) is 29.6. The second-order valence-corrected chi connectivity index (χ2v) is 3.98. The second kappa shape index (κ2) is 5.49. The van der Waals surface area contributed by atoms with Crippen molar-refractivity contribution < 1.29 is 24.9 Å². The van der Waals surface area contributed by atoms with Gasteiger partial charge in [0, 0.05) is 5.39 Å². The first kappa shape index (κ1) is 13.7. The van der Waals surface area contributed by atoms with Crippen LogP contribution in [0.15, 0.2) is 24.5 Å². The monoisotopic (exact) mass is 277 g/mol. The highest BCUT2D eigenvalue weighted by Crippen LogP contribution is 2.21. The quantitative estimate of drug-likeness (QED) is 0.608. The van der Waals surface area contributed by atoms with Gasteiger partial charge in [0.1, 0.15) is 18.2 Å². The van der Waals surface area contributed by atoms with E-state index in [4.69, 9.17) is 15.3 Å². The van der Waals surface area contributed by atoms with E-state index in [1.807, 2.05) is 0 Å². The number of carboxylic acid groups (broad SMARTS) is 2. The van der Waals surface area contributed by atoms with E-state index in [-0.39, 0.29) is 11.4 Å². The summed E-state index contributed by atoms with van der Waals surface area (Å²) < 4.78 is 0. The number of hydrogen-bond acceptors (Lipinski definition) is 6. The van der Waals surface area contributed by atoms with E-state index < -0.39 is 24.6 Å². The molecule has 104 valence electrons. The molecule has 0 aliphatic rings. The molecule has 8 heteroatoms. The molecule has 0 fully saturated rings. The lowest BCUT2D eigenvalue weighted by molar-refractivity contribution is -0.138. The van der Waals surface area contributed by atoms with Gasteiger partial charge in [-0.15, -0.1) is 0 Å². The van der Waals surface area contributed by atoms with E-state index in [1.54, 1.807) is 0 Å². The van der Waals surface area contributed by atoms with Gasteiger partial charge in [-0.3, -0.25) is 0 Å². The predicted octanol–water partition coefficient (Wildman–Crippen LogP) is 0.185. The Morgan fingerprint density at radius 2 is 2.00 bits per heavy atom. The molecule has 0 radical (unpaired) electrons. The van der Waals surface area contributed by atoms with Crippen LogP contribution in [0.2, 0.25) is 0 Å². The van der Waals surface area contributed by atoms with Crippen LogP contribution in [-0.2, 0) is 4.79 Å². The minimum atomic E-state index is -1.22. The standard InChI is InChI=1S/C12H11N3O5/c16-4-9(12(19)20)15-10-7-2-1-6(11(17)18)3-8(7)13-5-14-10/h1-3,5,9,16H,4H2,(H,17,18)(H,19,20)(H,13,14,15). The molecule has 20 heavy (non-hydrogen) atoms. The predicted molar refractivity (Wildman–Crippen MR) is 68.6 cm³/mol. The molecular weight excluding hydrogens is 266 g/mol. The zero-order valence-corrected chi connectivity index (χ0v) is 10.1. The van der Waals surface area contributed by atoms with Crippen molar-refractivity contribution in [3.8, 4) is 0 Å². The molecule has 1 atom stereocenters. The van der Waals surface area contributed by atoms with Crippen LogP contribution in [0.25, 0.3) is 10.9 Å². The van der Waals surface area contributed by atoms with Gasteiger partial charge < -0.3 is 20.6 Å². The summed E-state index contributed by atoms with van der Waals surface area (Å²) in [5.41, 5.74) is 0.434. The molecule has 0 bridgehead atoms. The Balaban J connectivity index is 2.44. The Morgan fingerprint density at radius 3 is 2.60 bits per heavy atom. The van der Waals surface area contributed by atoms with E-state index >= 15 is 0 Å². The van der Waals surface area contributed by atoms with Crippen molar-refractivity contribution in [3.05, 3.63) is 30.1 Å². The maximum atomic E-state index is 10.9. The highest BCUT2D eigenvalue weighted by Gasteiger charge is 2.18. The Labute approximate surface area is 112 Å².